The van der Waals surface area contributed by atoms with Gasteiger partial charge >= 0.3 is 0 Å². The largest absolute Gasteiger partial charge is 0.198 e. The van der Waals surface area contributed by atoms with E-state index in [1.165, 1.54) is 0 Å². The van der Waals surface area contributed by atoms with E-state index < -0.39 is 0 Å². The lowest BCUT2D eigenvalue weighted by atomic mass is 9.60. The van der Waals surface area contributed by atoms with Gasteiger partial charge in [0, 0.05) is 6.42 Å². The number of nitrogens with zero attached hydrogens (tertiary/aromatic N) is 1. The van der Waals surface area contributed by atoms with Crippen molar-refractivity contribution in [2.24, 2.45) is 16.7 Å². The molecule has 1 unspecified atom stereocenters. The molecule has 0 fully saturated rings. The second-order valence-electron chi connectivity index (χ2n) is 5.16. The summed E-state index contributed by atoms with van der Waals surface area (Å²) in [7, 11) is 0. The fraction of sp³-hybridized carbons (Fsp3) is 0.909. The summed E-state index contributed by atoms with van der Waals surface area (Å²) in [5, 5.41) is 8.76. The van der Waals surface area contributed by atoms with E-state index >= 15 is 0 Å². The lowest BCUT2D eigenvalue weighted by Crippen LogP contribution is -2.37. The lowest BCUT2D eigenvalue weighted by Gasteiger charge is -2.44. The van der Waals surface area contributed by atoms with Crippen molar-refractivity contribution in [2.75, 3.05) is 0 Å². The molecule has 0 heterocycles. The van der Waals surface area contributed by atoms with Crippen LogP contribution in [0.15, 0.2) is 0 Å². The third kappa shape index (κ3) is 2.00. The van der Waals surface area contributed by atoms with Crippen LogP contribution in [0.4, 0.5) is 0 Å². The van der Waals surface area contributed by atoms with Crippen LogP contribution in [-0.2, 0) is 0 Å². The summed E-state index contributed by atoms with van der Waals surface area (Å²) in [4.78, 5) is 0. The van der Waals surface area contributed by atoms with Crippen LogP contribution in [0.3, 0.4) is 0 Å². The van der Waals surface area contributed by atoms with Crippen molar-refractivity contribution >= 4 is 0 Å². The molecule has 0 N–H and O–H groups in total. The number of hydrogen-bond donors (Lipinski definition) is 0. The van der Waals surface area contributed by atoms with Gasteiger partial charge in [0.1, 0.15) is 0 Å². The van der Waals surface area contributed by atoms with Gasteiger partial charge in [0.25, 0.3) is 0 Å². The van der Waals surface area contributed by atoms with Crippen molar-refractivity contribution in [3.63, 3.8) is 0 Å². The Balaban J connectivity index is 4.77. The van der Waals surface area contributed by atoms with E-state index in [0.717, 1.165) is 0 Å². The van der Waals surface area contributed by atoms with Gasteiger partial charge in [-0.15, -0.1) is 0 Å². The van der Waals surface area contributed by atoms with E-state index in [1.807, 2.05) is 0 Å². The molecule has 0 aromatic rings. The Hall–Kier alpha value is -0.510. The molecule has 0 spiro atoms. The molecule has 1 heteroatoms. The van der Waals surface area contributed by atoms with Gasteiger partial charge in [0.2, 0.25) is 0 Å². The van der Waals surface area contributed by atoms with Crippen LogP contribution in [-0.4, -0.2) is 0 Å². The van der Waals surface area contributed by atoms with Crippen LogP contribution < -0.4 is 0 Å². The Morgan fingerprint density at radius 3 is 1.67 bits per heavy atom. The first kappa shape index (κ1) is 11.5. The Morgan fingerprint density at radius 1 is 1.17 bits per heavy atom. The van der Waals surface area contributed by atoms with Crippen molar-refractivity contribution in [2.45, 2.75) is 48.0 Å². The smallest absolute Gasteiger partial charge is 0.0627 e. The van der Waals surface area contributed by atoms with E-state index in [4.69, 9.17) is 5.26 Å². The van der Waals surface area contributed by atoms with Crippen LogP contribution in [0.1, 0.15) is 48.0 Å². The third-order valence-corrected chi connectivity index (χ3v) is 3.43. The zero-order chi connectivity index (χ0) is 9.99. The van der Waals surface area contributed by atoms with Crippen LogP contribution >= 0.6 is 0 Å². The van der Waals surface area contributed by atoms with Crippen molar-refractivity contribution in [3.05, 3.63) is 0 Å². The molecule has 0 bridgehead atoms. The first-order chi connectivity index (χ1) is 5.25. The maximum absolute atomic E-state index is 8.76. The number of nitriles is 1. The van der Waals surface area contributed by atoms with Crippen LogP contribution in [0.2, 0.25) is 0 Å². The first-order valence-corrected chi connectivity index (χ1v) is 4.62. The van der Waals surface area contributed by atoms with Crippen LogP contribution in [0.5, 0.6) is 0 Å². The van der Waals surface area contributed by atoms with Crippen molar-refractivity contribution < 1.29 is 0 Å². The standard InChI is InChI=1S/C11H21N/c1-9(2)11(6,7-8-12)10(3,4)5/h9H,7H2,1-6H3. The predicted molar refractivity (Wildman–Crippen MR) is 52.6 cm³/mol. The highest BCUT2D eigenvalue weighted by atomic mass is 14.4. The molecule has 1 nitrogen and oxygen atoms in total. The highest BCUT2D eigenvalue weighted by Crippen LogP contribution is 2.46. The van der Waals surface area contributed by atoms with E-state index in [-0.39, 0.29) is 10.8 Å². The molecule has 0 aliphatic carbocycles. The topological polar surface area (TPSA) is 23.8 Å². The van der Waals surface area contributed by atoms with Gasteiger partial charge in [0.15, 0.2) is 0 Å². The Labute approximate surface area is 76.8 Å². The molecule has 0 radical (unpaired) electrons. The molecular weight excluding hydrogens is 146 g/mol. The van der Waals surface area contributed by atoms with Gasteiger partial charge in [-0.1, -0.05) is 41.5 Å². The Bertz CT molecular complexity index is 180. The van der Waals surface area contributed by atoms with Gasteiger partial charge < -0.3 is 0 Å². The fourth-order valence-corrected chi connectivity index (χ4v) is 1.50. The fourth-order valence-electron chi connectivity index (χ4n) is 1.50. The molecular formula is C11H21N. The molecule has 1 atom stereocenters. The highest BCUT2D eigenvalue weighted by molar-refractivity contribution is 4.95. The van der Waals surface area contributed by atoms with E-state index in [9.17, 15) is 0 Å². The highest BCUT2D eigenvalue weighted by Gasteiger charge is 2.39. The SMILES string of the molecule is CC(C)C(C)(CC#N)C(C)(C)C. The second-order valence-corrected chi connectivity index (χ2v) is 5.16. The average Bonchev–Trinajstić information content (AvgIpc) is 1.85. The van der Waals surface area contributed by atoms with Gasteiger partial charge in [-0.2, -0.15) is 5.26 Å². The summed E-state index contributed by atoms with van der Waals surface area (Å²) in [6.07, 6.45) is 0.647. The number of rotatable bonds is 2. The summed E-state index contributed by atoms with van der Waals surface area (Å²) in [6, 6.07) is 2.30. The zero-order valence-electron chi connectivity index (χ0n) is 9.23. The molecule has 0 rings (SSSR count). The van der Waals surface area contributed by atoms with Crippen LogP contribution in [0, 0.1) is 28.1 Å². The quantitative estimate of drug-likeness (QED) is 0.616. The third-order valence-electron chi connectivity index (χ3n) is 3.43. The summed E-state index contributed by atoms with van der Waals surface area (Å²) in [5.41, 5.74) is 0.332. The van der Waals surface area contributed by atoms with E-state index in [2.05, 4.69) is 47.6 Å². The molecule has 70 valence electrons. The van der Waals surface area contributed by atoms with Gasteiger partial charge in [0.05, 0.1) is 6.07 Å². The van der Waals surface area contributed by atoms with E-state index in [0.29, 0.717) is 12.3 Å². The van der Waals surface area contributed by atoms with Gasteiger partial charge in [-0.3, -0.25) is 0 Å². The normalized spacial score (nSPS) is 17.2. The Morgan fingerprint density at radius 2 is 1.58 bits per heavy atom. The minimum Gasteiger partial charge on any atom is -0.198 e. The summed E-state index contributed by atoms with van der Waals surface area (Å²) < 4.78 is 0. The van der Waals surface area contributed by atoms with E-state index in [1.54, 1.807) is 0 Å². The summed E-state index contributed by atoms with van der Waals surface area (Å²) in [6.45, 7) is 13.2. The maximum Gasteiger partial charge on any atom is 0.0627 e. The van der Waals surface area contributed by atoms with Crippen LogP contribution in [0.25, 0.3) is 0 Å². The molecule has 0 amide bonds. The lowest BCUT2D eigenvalue weighted by molar-refractivity contribution is 0.0568. The molecule has 0 aliphatic heterocycles. The number of hydrogen-bond acceptors (Lipinski definition) is 1. The molecule has 0 aliphatic rings. The minimum absolute atomic E-state index is 0.127. The van der Waals surface area contributed by atoms with Gasteiger partial charge in [-0.05, 0) is 16.7 Å². The monoisotopic (exact) mass is 167 g/mol. The molecule has 0 saturated carbocycles. The van der Waals surface area contributed by atoms with Crippen molar-refractivity contribution in [1.82, 2.24) is 0 Å². The molecule has 12 heavy (non-hydrogen) atoms. The first-order valence-electron chi connectivity index (χ1n) is 4.62. The average molecular weight is 167 g/mol. The maximum atomic E-state index is 8.76. The van der Waals surface area contributed by atoms with Crippen molar-refractivity contribution in [1.29, 1.82) is 5.26 Å². The molecule has 0 aromatic carbocycles. The van der Waals surface area contributed by atoms with Crippen molar-refractivity contribution in [3.8, 4) is 6.07 Å². The minimum atomic E-state index is 0.127. The Kier molecular flexibility index (Phi) is 3.33. The molecule has 0 saturated heterocycles. The predicted octanol–water partition coefficient (Wildman–Crippen LogP) is 3.61. The molecule has 0 aromatic heterocycles. The zero-order valence-corrected chi connectivity index (χ0v) is 9.23. The van der Waals surface area contributed by atoms with Gasteiger partial charge in [-0.25, -0.2) is 0 Å². The summed E-state index contributed by atoms with van der Waals surface area (Å²) >= 11 is 0. The second kappa shape index (κ2) is 3.47. The summed E-state index contributed by atoms with van der Waals surface area (Å²) in [5.74, 6) is 0.553.